The molecule has 2 aromatic heterocycles. The van der Waals surface area contributed by atoms with E-state index in [0.29, 0.717) is 12.1 Å². The molecule has 2 heterocycles. The number of hydrogen-bond donors (Lipinski definition) is 4. The fraction of sp³-hybridized carbons (Fsp3) is 0.286. The molecule has 4 aromatic rings. The van der Waals surface area contributed by atoms with Crippen LogP contribution < -0.4 is 31.1 Å². The third-order valence-electron chi connectivity index (χ3n) is 5.68. The highest BCUT2D eigenvalue weighted by Gasteiger charge is 2.37. The van der Waals surface area contributed by atoms with Gasteiger partial charge in [0.15, 0.2) is 0 Å². The molecule has 0 saturated heterocycles. The second-order valence-electron chi connectivity index (χ2n) is 9.51. The van der Waals surface area contributed by atoms with Crippen molar-refractivity contribution in [1.82, 2.24) is 40.9 Å². The number of alkyl halides is 11. The number of carbonyl (C=O) groups excluding carboxylic acids is 2. The Hall–Kier alpha value is -5.59. The van der Waals surface area contributed by atoms with Crippen LogP contribution in [-0.4, -0.2) is 64.6 Å². The maximum atomic E-state index is 13.1. The van der Waals surface area contributed by atoms with E-state index in [4.69, 9.17) is 11.6 Å². The van der Waals surface area contributed by atoms with Crippen LogP contribution in [0.25, 0.3) is 0 Å². The number of benzene rings is 2. The van der Waals surface area contributed by atoms with E-state index >= 15 is 0 Å². The van der Waals surface area contributed by atoms with Gasteiger partial charge < -0.3 is 9.47 Å². The Morgan fingerprint density at radius 2 is 1.03 bits per heavy atom. The van der Waals surface area contributed by atoms with Crippen LogP contribution >= 0.6 is 11.6 Å². The lowest BCUT2D eigenvalue weighted by atomic mass is 10.2. The van der Waals surface area contributed by atoms with Gasteiger partial charge in [0.05, 0.1) is 35.1 Å². The van der Waals surface area contributed by atoms with Gasteiger partial charge >= 0.3 is 41.8 Å². The van der Waals surface area contributed by atoms with E-state index in [0.717, 1.165) is 38.5 Å². The highest BCUT2D eigenvalue weighted by molar-refractivity contribution is 7.80. The van der Waals surface area contributed by atoms with Gasteiger partial charge in [-0.2, -0.15) is 73.6 Å². The number of halogens is 11. The van der Waals surface area contributed by atoms with E-state index < -0.39 is 115 Å². The Kier molecular flexibility index (Phi) is 18.5. The quantitative estimate of drug-likeness (QED) is 0.0667. The molecule has 0 spiro atoms. The molecule has 4 N–H and O–H groups in total. The molecule has 31 heteroatoms. The predicted molar refractivity (Wildman–Crippen MR) is 181 cm³/mol. The van der Waals surface area contributed by atoms with Gasteiger partial charge in [0.2, 0.25) is 45.7 Å². The molecule has 0 aliphatic heterocycles. The van der Waals surface area contributed by atoms with Crippen molar-refractivity contribution in [3.8, 4) is 12.0 Å². The Morgan fingerprint density at radius 1 is 0.644 bits per heavy atom. The number of carbonyl (C=O) groups is 2. The number of amides is 4. The number of methoxy groups -OCH3 is 2. The number of hydroxylamine groups is 2. The van der Waals surface area contributed by atoms with Crippen molar-refractivity contribution in [3.63, 3.8) is 0 Å². The van der Waals surface area contributed by atoms with Crippen molar-refractivity contribution in [1.29, 1.82) is 0 Å². The van der Waals surface area contributed by atoms with Crippen LogP contribution in [0.4, 0.5) is 65.4 Å². The molecule has 0 radical (unpaired) electrons. The minimum atomic E-state index is -4.82. The van der Waals surface area contributed by atoms with E-state index in [2.05, 4.69) is 47.9 Å². The SMILES string of the molecule is CC.COc1nc(NC(=O)NOS(=O)c2ccccc2C(F)(F)F)nc(C(F)(F)Cl)n1.COc1nc(NC(=O)NOS(=O)c2ccccc2C(F)(F)F)nc(C(F)F)n1. The minimum Gasteiger partial charge on any atom is -0.467 e. The summed E-state index contributed by atoms with van der Waals surface area (Å²) in [7, 11) is 2.12. The van der Waals surface area contributed by atoms with Gasteiger partial charge in [-0.1, -0.05) is 38.1 Å². The number of nitrogens with one attached hydrogen (secondary N) is 4. The first kappa shape index (κ1) is 49.6. The summed E-state index contributed by atoms with van der Waals surface area (Å²) in [4.78, 5) is 41.7. The Labute approximate surface area is 334 Å². The third kappa shape index (κ3) is 15.6. The summed E-state index contributed by atoms with van der Waals surface area (Å²) in [6.45, 7) is 4.00. The summed E-state index contributed by atoms with van der Waals surface area (Å²) in [6.07, 6.45) is -12.7. The highest BCUT2D eigenvalue weighted by Crippen LogP contribution is 2.35. The molecule has 18 nitrogen and oxygen atoms in total. The minimum absolute atomic E-state index is 0.524. The second kappa shape index (κ2) is 22.0. The average Bonchev–Trinajstić information content (AvgIpc) is 3.18. The second-order valence-corrected chi connectivity index (χ2v) is 12.1. The molecular formula is C28H25ClF10N10O8S2. The largest absolute Gasteiger partial charge is 0.467 e. The molecule has 324 valence electrons. The first-order valence-corrected chi connectivity index (χ1v) is 17.7. The van der Waals surface area contributed by atoms with Crippen molar-refractivity contribution >= 4 is 57.7 Å². The fourth-order valence-electron chi connectivity index (χ4n) is 3.43. The van der Waals surface area contributed by atoms with Crippen molar-refractivity contribution in [2.75, 3.05) is 24.9 Å². The number of nitrogens with zero attached hydrogens (tertiary/aromatic N) is 6. The van der Waals surface area contributed by atoms with Gasteiger partial charge in [-0.05, 0) is 35.9 Å². The zero-order valence-corrected chi connectivity index (χ0v) is 32.0. The van der Waals surface area contributed by atoms with E-state index in [9.17, 15) is 61.9 Å². The van der Waals surface area contributed by atoms with Crippen LogP contribution in [-0.2, 0) is 48.5 Å². The van der Waals surface area contributed by atoms with Crippen LogP contribution in [0, 0.1) is 0 Å². The Balaban J connectivity index is 0.000000391. The van der Waals surface area contributed by atoms with Crippen molar-refractivity contribution < 1.29 is 80.0 Å². The molecule has 4 rings (SSSR count). The molecule has 4 amide bonds. The summed E-state index contributed by atoms with van der Waals surface area (Å²) in [5, 5.41) is -0.340. The Morgan fingerprint density at radius 3 is 1.41 bits per heavy atom. The first-order valence-electron chi connectivity index (χ1n) is 15.1. The predicted octanol–water partition coefficient (Wildman–Crippen LogP) is 6.60. The van der Waals surface area contributed by atoms with Gasteiger partial charge in [-0.25, -0.2) is 37.7 Å². The molecule has 2 aromatic carbocycles. The normalized spacial score (nSPS) is 12.4. The molecule has 0 bridgehead atoms. The van der Waals surface area contributed by atoms with Crippen molar-refractivity contribution in [2.24, 2.45) is 0 Å². The van der Waals surface area contributed by atoms with E-state index in [-0.39, 0.29) is 0 Å². The van der Waals surface area contributed by atoms with Gasteiger partial charge in [-0.3, -0.25) is 10.6 Å². The monoisotopic (exact) mass is 918 g/mol. The van der Waals surface area contributed by atoms with E-state index in [1.54, 1.807) is 5.48 Å². The smallest absolute Gasteiger partial charge is 0.417 e. The van der Waals surface area contributed by atoms with Gasteiger partial charge in [0.25, 0.3) is 6.43 Å². The van der Waals surface area contributed by atoms with Gasteiger partial charge in [-0.15, -0.1) is 0 Å². The van der Waals surface area contributed by atoms with E-state index in [1.165, 1.54) is 17.6 Å². The van der Waals surface area contributed by atoms with E-state index in [1.807, 2.05) is 24.5 Å². The Bertz CT molecular complexity index is 2100. The van der Waals surface area contributed by atoms with Gasteiger partial charge in [0, 0.05) is 0 Å². The number of urea groups is 2. The van der Waals surface area contributed by atoms with Crippen LogP contribution in [0.15, 0.2) is 58.3 Å². The molecule has 0 saturated carbocycles. The summed E-state index contributed by atoms with van der Waals surface area (Å²) >= 11 is -0.692. The number of hydrogen-bond acceptors (Lipinski definition) is 14. The maximum absolute atomic E-state index is 13.1. The topological polar surface area (TPSA) is 231 Å². The first-order chi connectivity index (χ1) is 27.5. The fourth-order valence-corrected chi connectivity index (χ4v) is 5.11. The molecule has 2 unspecified atom stereocenters. The molecule has 0 aliphatic rings. The highest BCUT2D eigenvalue weighted by atomic mass is 35.5. The molecule has 0 fully saturated rings. The summed E-state index contributed by atoms with van der Waals surface area (Å²) in [5.74, 6) is -3.66. The zero-order chi connectivity index (χ0) is 44.7. The zero-order valence-electron chi connectivity index (χ0n) is 29.6. The number of anilines is 2. The lowest BCUT2D eigenvalue weighted by Crippen LogP contribution is -2.31. The van der Waals surface area contributed by atoms with Crippen LogP contribution in [0.5, 0.6) is 12.0 Å². The van der Waals surface area contributed by atoms with Gasteiger partial charge in [0.1, 0.15) is 0 Å². The lowest BCUT2D eigenvalue weighted by Gasteiger charge is -2.12. The maximum Gasteiger partial charge on any atom is 0.417 e. The number of ether oxygens (including phenoxy) is 2. The summed E-state index contributed by atoms with van der Waals surface area (Å²) in [6, 6.07) is 3.85. The molecule has 0 aliphatic carbocycles. The molecular weight excluding hydrogens is 894 g/mol. The number of aromatic nitrogens is 6. The van der Waals surface area contributed by atoms with Crippen LogP contribution in [0.2, 0.25) is 0 Å². The number of rotatable bonds is 12. The molecule has 2 atom stereocenters. The lowest BCUT2D eigenvalue weighted by molar-refractivity contribution is -0.140. The summed E-state index contributed by atoms with van der Waals surface area (Å²) in [5.41, 5.74) is 0.610. The van der Waals surface area contributed by atoms with Crippen LogP contribution in [0.3, 0.4) is 0 Å². The standard InChI is InChI=1S/C13H9ClF5N5O4S.C13H10F5N5O4S.C2H6/c1-27-11-21-8(12(14,15)16)20-9(23-11)22-10(25)24-28-29(26)7-5-3-2-4-6(7)13(17,18)19;1-26-12-20-9(8(14)15)19-10(22-12)21-11(24)23-27-28(25)7-5-3-2-4-6(7)13(16,17)18;1-2/h2-5H,1H3,(H2,20,21,22,23,24,25);2-5,8H,1H3,(H2,19,20,21,22,23,24);1-2H3. The summed E-state index contributed by atoms with van der Waals surface area (Å²) < 4.78 is 171. The van der Waals surface area contributed by atoms with Crippen molar-refractivity contribution in [3.05, 3.63) is 71.3 Å². The molecule has 59 heavy (non-hydrogen) atoms. The average molecular weight is 919 g/mol. The third-order valence-corrected chi connectivity index (χ3v) is 7.74. The van der Waals surface area contributed by atoms with Crippen molar-refractivity contribution in [2.45, 2.75) is 47.8 Å². The van der Waals surface area contributed by atoms with Crippen LogP contribution in [0.1, 0.15) is 43.0 Å².